The second kappa shape index (κ2) is 5.28. The molecule has 0 aliphatic carbocycles. The van der Waals surface area contributed by atoms with Gasteiger partial charge in [0.2, 0.25) is 0 Å². The van der Waals surface area contributed by atoms with E-state index in [1.54, 1.807) is 25.5 Å². The number of carbonyl (C=O) groups is 1. The molecule has 20 heavy (non-hydrogen) atoms. The van der Waals surface area contributed by atoms with Crippen molar-refractivity contribution in [2.75, 3.05) is 0 Å². The lowest BCUT2D eigenvalue weighted by atomic mass is 9.97. The highest BCUT2D eigenvalue weighted by Crippen LogP contribution is 2.29. The van der Waals surface area contributed by atoms with E-state index in [0.717, 1.165) is 5.56 Å². The number of carbonyl (C=O) groups excluding carboxylic acids is 1. The number of allylic oxidation sites excluding steroid dienone is 1. The van der Waals surface area contributed by atoms with Gasteiger partial charge in [-0.2, -0.15) is 0 Å². The van der Waals surface area contributed by atoms with Crippen LogP contribution in [-0.2, 0) is 9.53 Å². The molecule has 0 saturated heterocycles. The van der Waals surface area contributed by atoms with E-state index < -0.39 is 5.60 Å². The van der Waals surface area contributed by atoms with Crippen LogP contribution in [-0.4, -0.2) is 16.7 Å². The molecule has 0 saturated carbocycles. The second-order valence-electron chi connectivity index (χ2n) is 5.63. The fourth-order valence-electron chi connectivity index (χ4n) is 1.99. The first-order valence-electron chi connectivity index (χ1n) is 6.31. The van der Waals surface area contributed by atoms with E-state index in [1.807, 2.05) is 20.8 Å². The van der Waals surface area contributed by atoms with Gasteiger partial charge in [0.15, 0.2) is 5.11 Å². The van der Waals surface area contributed by atoms with Crippen molar-refractivity contribution in [3.63, 3.8) is 0 Å². The molecular weight excluding hydrogens is 276 g/mol. The van der Waals surface area contributed by atoms with Crippen LogP contribution in [0, 0.1) is 0 Å². The predicted octanol–water partition coefficient (Wildman–Crippen LogP) is 2.41. The first-order chi connectivity index (χ1) is 9.28. The van der Waals surface area contributed by atoms with Gasteiger partial charge >= 0.3 is 5.97 Å². The van der Waals surface area contributed by atoms with E-state index >= 15 is 0 Å². The Kier molecular flexibility index (Phi) is 3.85. The van der Waals surface area contributed by atoms with Gasteiger partial charge in [0.05, 0.1) is 24.1 Å². The molecule has 0 fully saturated rings. The summed E-state index contributed by atoms with van der Waals surface area (Å²) >= 11 is 5.14. The topological polar surface area (TPSA) is 63.5 Å². The number of hydrogen-bond donors (Lipinski definition) is 2. The fourth-order valence-corrected chi connectivity index (χ4v) is 2.26. The Hall–Kier alpha value is -1.82. The number of ether oxygens (including phenoxy) is 1. The number of thiocarbonyl (C=S) groups is 1. The Morgan fingerprint density at radius 1 is 1.45 bits per heavy atom. The normalized spacial score (nSPS) is 19.4. The van der Waals surface area contributed by atoms with Gasteiger partial charge in [-0.1, -0.05) is 0 Å². The highest BCUT2D eigenvalue weighted by atomic mass is 32.1. The zero-order chi connectivity index (χ0) is 14.9. The van der Waals surface area contributed by atoms with Crippen LogP contribution in [0.1, 0.15) is 39.3 Å². The number of hydrogen-bond acceptors (Lipinski definition) is 4. The summed E-state index contributed by atoms with van der Waals surface area (Å²) in [6.07, 6.45) is 3.15. The Labute approximate surface area is 123 Å². The highest BCUT2D eigenvalue weighted by Gasteiger charge is 2.33. The molecule has 1 aliphatic heterocycles. The van der Waals surface area contributed by atoms with E-state index in [1.165, 1.54) is 0 Å². The summed E-state index contributed by atoms with van der Waals surface area (Å²) in [4.78, 5) is 12.4. The molecule has 0 aromatic carbocycles. The maximum absolute atomic E-state index is 12.4. The number of nitrogens with one attached hydrogen (secondary N) is 2. The summed E-state index contributed by atoms with van der Waals surface area (Å²) in [6.45, 7) is 7.31. The van der Waals surface area contributed by atoms with Crippen LogP contribution in [0.3, 0.4) is 0 Å². The fraction of sp³-hybridized carbons (Fsp3) is 0.429. The third kappa shape index (κ3) is 3.19. The van der Waals surface area contributed by atoms with Gasteiger partial charge in [0.25, 0.3) is 0 Å². The van der Waals surface area contributed by atoms with Crippen LogP contribution in [0.2, 0.25) is 0 Å². The van der Waals surface area contributed by atoms with Crippen LogP contribution in [0.5, 0.6) is 0 Å². The Balaban J connectivity index is 2.37. The van der Waals surface area contributed by atoms with Crippen molar-refractivity contribution in [1.29, 1.82) is 0 Å². The molecule has 1 unspecified atom stereocenters. The predicted molar refractivity (Wildman–Crippen MR) is 78.9 cm³/mol. The minimum absolute atomic E-state index is 0.364. The molecule has 2 N–H and O–H groups in total. The molecule has 2 rings (SSSR count). The molecule has 108 valence electrons. The number of furan rings is 1. The standard InChI is InChI=1S/C14H18N2O3S/c1-8-10(12(17)19-14(2,3)4)11(16-13(20)15-8)9-5-6-18-7-9/h5-7,11H,1-4H3,(H2,15,16,20). The van der Waals surface area contributed by atoms with E-state index in [9.17, 15) is 4.79 Å². The van der Waals surface area contributed by atoms with Gasteiger partial charge in [-0.15, -0.1) is 0 Å². The molecule has 1 aliphatic rings. The third-order valence-corrected chi connectivity index (χ3v) is 2.98. The number of esters is 1. The van der Waals surface area contributed by atoms with Gasteiger partial charge in [-0.05, 0) is 46.0 Å². The quantitative estimate of drug-likeness (QED) is 0.645. The van der Waals surface area contributed by atoms with Crippen LogP contribution in [0.15, 0.2) is 34.3 Å². The van der Waals surface area contributed by atoms with Crippen molar-refractivity contribution >= 4 is 23.3 Å². The zero-order valence-corrected chi connectivity index (χ0v) is 12.8. The minimum Gasteiger partial charge on any atom is -0.472 e. The summed E-state index contributed by atoms with van der Waals surface area (Å²) in [5.41, 5.74) is 1.47. The van der Waals surface area contributed by atoms with E-state index in [2.05, 4.69) is 10.6 Å². The molecule has 2 heterocycles. The molecule has 1 aromatic rings. The van der Waals surface area contributed by atoms with Crippen LogP contribution < -0.4 is 10.6 Å². The SMILES string of the molecule is CC1=C(C(=O)OC(C)(C)C)C(c2ccoc2)NC(=S)N1. The molecular formula is C14H18N2O3S. The van der Waals surface area contributed by atoms with E-state index in [4.69, 9.17) is 21.4 Å². The van der Waals surface area contributed by atoms with Crippen molar-refractivity contribution in [2.45, 2.75) is 39.3 Å². The van der Waals surface area contributed by atoms with E-state index in [-0.39, 0.29) is 12.0 Å². The maximum Gasteiger partial charge on any atom is 0.338 e. The molecule has 0 bridgehead atoms. The average molecular weight is 294 g/mol. The summed E-state index contributed by atoms with van der Waals surface area (Å²) in [6, 6.07) is 1.43. The first kappa shape index (κ1) is 14.6. The maximum atomic E-state index is 12.4. The highest BCUT2D eigenvalue weighted by molar-refractivity contribution is 7.80. The molecule has 6 heteroatoms. The smallest absolute Gasteiger partial charge is 0.338 e. The monoisotopic (exact) mass is 294 g/mol. The Bertz CT molecular complexity index is 555. The third-order valence-electron chi connectivity index (χ3n) is 2.76. The van der Waals surface area contributed by atoms with Gasteiger partial charge in [0.1, 0.15) is 5.60 Å². The zero-order valence-electron chi connectivity index (χ0n) is 11.9. The summed E-state index contributed by atoms with van der Waals surface area (Å²) < 4.78 is 10.5. The van der Waals surface area contributed by atoms with E-state index in [0.29, 0.717) is 16.4 Å². The van der Waals surface area contributed by atoms with Crippen molar-refractivity contribution in [3.8, 4) is 0 Å². The van der Waals surface area contributed by atoms with Crippen LogP contribution >= 0.6 is 12.2 Å². The van der Waals surface area contributed by atoms with Crippen molar-refractivity contribution in [2.24, 2.45) is 0 Å². The number of rotatable bonds is 2. The lowest BCUT2D eigenvalue weighted by Gasteiger charge is -2.30. The first-order valence-corrected chi connectivity index (χ1v) is 6.72. The summed E-state index contributed by atoms with van der Waals surface area (Å²) in [7, 11) is 0. The van der Waals surface area contributed by atoms with Gasteiger partial charge < -0.3 is 19.8 Å². The lowest BCUT2D eigenvalue weighted by Crippen LogP contribution is -2.45. The van der Waals surface area contributed by atoms with Gasteiger partial charge in [-0.25, -0.2) is 4.79 Å². The second-order valence-corrected chi connectivity index (χ2v) is 6.04. The minimum atomic E-state index is -0.552. The molecule has 5 nitrogen and oxygen atoms in total. The van der Waals surface area contributed by atoms with Gasteiger partial charge in [-0.3, -0.25) is 0 Å². The summed E-state index contributed by atoms with van der Waals surface area (Å²) in [5.74, 6) is -0.372. The molecule has 0 radical (unpaired) electrons. The van der Waals surface area contributed by atoms with Crippen molar-refractivity contribution in [3.05, 3.63) is 35.4 Å². The lowest BCUT2D eigenvalue weighted by molar-refractivity contribution is -0.150. The Morgan fingerprint density at radius 2 is 2.15 bits per heavy atom. The largest absolute Gasteiger partial charge is 0.472 e. The average Bonchev–Trinajstić information content (AvgIpc) is 2.77. The molecule has 0 amide bonds. The van der Waals surface area contributed by atoms with Gasteiger partial charge in [0, 0.05) is 11.3 Å². The molecule has 1 atom stereocenters. The molecule has 1 aromatic heterocycles. The van der Waals surface area contributed by atoms with Crippen LogP contribution in [0.25, 0.3) is 0 Å². The Morgan fingerprint density at radius 3 is 2.70 bits per heavy atom. The van der Waals surface area contributed by atoms with Crippen molar-refractivity contribution < 1.29 is 13.9 Å². The van der Waals surface area contributed by atoms with Crippen LogP contribution in [0.4, 0.5) is 0 Å². The van der Waals surface area contributed by atoms with Crippen molar-refractivity contribution in [1.82, 2.24) is 10.6 Å². The molecule has 0 spiro atoms. The summed E-state index contributed by atoms with van der Waals surface area (Å²) in [5, 5.41) is 6.50.